The van der Waals surface area contributed by atoms with Crippen LogP contribution in [-0.4, -0.2) is 22.8 Å². The van der Waals surface area contributed by atoms with Crippen molar-refractivity contribution in [1.82, 2.24) is 0 Å². The van der Waals surface area contributed by atoms with E-state index in [4.69, 9.17) is 4.84 Å². The summed E-state index contributed by atoms with van der Waals surface area (Å²) in [5, 5.41) is 15.9. The van der Waals surface area contributed by atoms with Gasteiger partial charge in [-0.2, -0.15) is 0 Å². The number of phenols is 1. The lowest BCUT2D eigenvalue weighted by molar-refractivity contribution is -0.125. The number of carbonyl (C=O) groups is 1. The van der Waals surface area contributed by atoms with Gasteiger partial charge in [-0.25, -0.2) is 4.39 Å². The van der Waals surface area contributed by atoms with Crippen LogP contribution in [0.1, 0.15) is 12.0 Å². The number of hydrogen-bond donors (Lipinski definition) is 2. The molecule has 1 aliphatic heterocycles. The predicted molar refractivity (Wildman–Crippen MR) is 79.2 cm³/mol. The molecule has 0 aliphatic carbocycles. The minimum Gasteiger partial charge on any atom is -0.508 e. The van der Waals surface area contributed by atoms with Gasteiger partial charge in [-0.1, -0.05) is 23.4 Å². The summed E-state index contributed by atoms with van der Waals surface area (Å²) in [5.74, 6) is -0.624. The Balaban J connectivity index is 1.64. The number of benzene rings is 2. The first-order valence-electron chi connectivity index (χ1n) is 6.70. The van der Waals surface area contributed by atoms with Gasteiger partial charge in [-0.05, 0) is 29.8 Å². The molecular formula is C16H13FN2O3. The number of carbonyl (C=O) groups excluding carboxylic acids is 1. The molecule has 1 heterocycles. The maximum Gasteiger partial charge on any atom is 0.268 e. The van der Waals surface area contributed by atoms with Gasteiger partial charge in [0.05, 0.1) is 5.71 Å². The predicted octanol–water partition coefficient (Wildman–Crippen LogP) is 2.66. The van der Waals surface area contributed by atoms with E-state index in [1.165, 1.54) is 24.3 Å². The highest BCUT2D eigenvalue weighted by atomic mass is 19.1. The van der Waals surface area contributed by atoms with Crippen molar-refractivity contribution >= 4 is 17.3 Å². The molecule has 0 radical (unpaired) electrons. The van der Waals surface area contributed by atoms with Crippen LogP contribution in [0.4, 0.5) is 10.1 Å². The number of halogens is 1. The molecule has 22 heavy (non-hydrogen) atoms. The SMILES string of the molecule is O=C(Nc1cccc(O)c1)[C@H]1CC(c2ccc(F)cc2)=NO1. The third-order valence-corrected chi connectivity index (χ3v) is 3.25. The van der Waals surface area contributed by atoms with E-state index in [-0.39, 0.29) is 17.5 Å². The monoisotopic (exact) mass is 300 g/mol. The van der Waals surface area contributed by atoms with Crippen LogP contribution in [0, 0.1) is 5.82 Å². The maximum atomic E-state index is 12.9. The fourth-order valence-corrected chi connectivity index (χ4v) is 2.14. The Kier molecular flexibility index (Phi) is 3.74. The smallest absolute Gasteiger partial charge is 0.268 e. The largest absolute Gasteiger partial charge is 0.508 e. The average Bonchev–Trinajstić information content (AvgIpc) is 2.98. The highest BCUT2D eigenvalue weighted by Crippen LogP contribution is 2.20. The number of hydrogen-bond acceptors (Lipinski definition) is 4. The molecule has 1 amide bonds. The summed E-state index contributed by atoms with van der Waals surface area (Å²) < 4.78 is 12.9. The summed E-state index contributed by atoms with van der Waals surface area (Å²) in [6, 6.07) is 12.1. The molecule has 1 aliphatic rings. The molecule has 6 heteroatoms. The molecule has 0 fully saturated rings. The highest BCUT2D eigenvalue weighted by molar-refractivity contribution is 6.06. The van der Waals surface area contributed by atoms with Crippen molar-refractivity contribution in [1.29, 1.82) is 0 Å². The van der Waals surface area contributed by atoms with Crippen molar-refractivity contribution in [2.45, 2.75) is 12.5 Å². The second-order valence-corrected chi connectivity index (χ2v) is 4.88. The van der Waals surface area contributed by atoms with Crippen LogP contribution in [0.5, 0.6) is 5.75 Å². The van der Waals surface area contributed by atoms with E-state index in [1.807, 2.05) is 0 Å². The third kappa shape index (κ3) is 3.06. The van der Waals surface area contributed by atoms with Gasteiger partial charge < -0.3 is 15.3 Å². The Morgan fingerprint density at radius 2 is 2.05 bits per heavy atom. The standard InChI is InChI=1S/C16H13FN2O3/c17-11-6-4-10(5-7-11)14-9-15(22-19-14)16(21)18-12-2-1-3-13(20)8-12/h1-8,15,20H,9H2,(H,18,21)/t15-/m1/s1. The third-order valence-electron chi connectivity index (χ3n) is 3.25. The molecular weight excluding hydrogens is 287 g/mol. The zero-order chi connectivity index (χ0) is 15.5. The quantitative estimate of drug-likeness (QED) is 0.915. The maximum absolute atomic E-state index is 12.9. The average molecular weight is 300 g/mol. The lowest BCUT2D eigenvalue weighted by Crippen LogP contribution is -2.28. The summed E-state index contributed by atoms with van der Waals surface area (Å²) in [6.45, 7) is 0. The van der Waals surface area contributed by atoms with Gasteiger partial charge in [0.25, 0.3) is 5.91 Å². The molecule has 2 N–H and O–H groups in total. The molecule has 1 atom stereocenters. The number of amides is 1. The number of oxime groups is 1. The number of nitrogens with one attached hydrogen (secondary N) is 1. The van der Waals surface area contributed by atoms with Gasteiger partial charge in [0, 0.05) is 18.2 Å². The molecule has 0 unspecified atom stereocenters. The van der Waals surface area contributed by atoms with Gasteiger partial charge in [-0.15, -0.1) is 0 Å². The van der Waals surface area contributed by atoms with E-state index in [9.17, 15) is 14.3 Å². The zero-order valence-corrected chi connectivity index (χ0v) is 11.5. The number of nitrogens with zero attached hydrogens (tertiary/aromatic N) is 1. The molecule has 112 valence electrons. The lowest BCUT2D eigenvalue weighted by atomic mass is 10.0. The van der Waals surface area contributed by atoms with E-state index >= 15 is 0 Å². The first-order chi connectivity index (χ1) is 10.6. The van der Waals surface area contributed by atoms with Crippen LogP contribution in [0.2, 0.25) is 0 Å². The summed E-state index contributed by atoms with van der Waals surface area (Å²) in [5.41, 5.74) is 1.79. The Labute approximate surface area is 126 Å². The number of anilines is 1. The molecule has 0 aromatic heterocycles. The molecule has 0 spiro atoms. The second kappa shape index (κ2) is 5.85. The molecule has 3 rings (SSSR count). The highest BCUT2D eigenvalue weighted by Gasteiger charge is 2.28. The minimum atomic E-state index is -0.748. The van der Waals surface area contributed by atoms with Crippen molar-refractivity contribution < 1.29 is 19.1 Å². The molecule has 2 aromatic carbocycles. The van der Waals surface area contributed by atoms with Crippen molar-refractivity contribution in [3.63, 3.8) is 0 Å². The van der Waals surface area contributed by atoms with Crippen molar-refractivity contribution in [2.75, 3.05) is 5.32 Å². The Hall–Kier alpha value is -2.89. The molecule has 0 saturated heterocycles. The minimum absolute atomic E-state index is 0.0633. The molecule has 2 aromatic rings. The number of aromatic hydroxyl groups is 1. The Bertz CT molecular complexity index is 728. The van der Waals surface area contributed by atoms with Gasteiger partial charge in [-0.3, -0.25) is 4.79 Å². The first-order valence-corrected chi connectivity index (χ1v) is 6.70. The van der Waals surface area contributed by atoms with E-state index in [0.29, 0.717) is 23.4 Å². The fourth-order valence-electron chi connectivity index (χ4n) is 2.14. The van der Waals surface area contributed by atoms with E-state index < -0.39 is 6.10 Å². The summed E-state index contributed by atoms with van der Waals surface area (Å²) in [6.07, 6.45) is -0.446. The van der Waals surface area contributed by atoms with Crippen LogP contribution in [0.3, 0.4) is 0 Å². The van der Waals surface area contributed by atoms with Gasteiger partial charge in [0.1, 0.15) is 11.6 Å². The van der Waals surface area contributed by atoms with Gasteiger partial charge in [0.2, 0.25) is 6.10 Å². The Morgan fingerprint density at radius 1 is 1.27 bits per heavy atom. The molecule has 0 bridgehead atoms. The van der Waals surface area contributed by atoms with Crippen LogP contribution in [0.25, 0.3) is 0 Å². The summed E-state index contributed by atoms with van der Waals surface area (Å²) in [7, 11) is 0. The lowest BCUT2D eigenvalue weighted by Gasteiger charge is -2.09. The van der Waals surface area contributed by atoms with Gasteiger partial charge >= 0.3 is 0 Å². The van der Waals surface area contributed by atoms with Crippen LogP contribution < -0.4 is 5.32 Å². The van der Waals surface area contributed by atoms with Crippen LogP contribution >= 0.6 is 0 Å². The first kappa shape index (κ1) is 14.1. The molecule has 0 saturated carbocycles. The molecule has 5 nitrogen and oxygen atoms in total. The number of phenolic OH excluding ortho intramolecular Hbond substituents is 1. The number of rotatable bonds is 3. The van der Waals surface area contributed by atoms with E-state index in [0.717, 1.165) is 0 Å². The summed E-state index contributed by atoms with van der Waals surface area (Å²) in [4.78, 5) is 17.2. The Morgan fingerprint density at radius 3 is 2.77 bits per heavy atom. The van der Waals surface area contributed by atoms with Crippen molar-refractivity contribution in [3.05, 3.63) is 59.9 Å². The van der Waals surface area contributed by atoms with Crippen LogP contribution in [-0.2, 0) is 9.63 Å². The normalized spacial score (nSPS) is 16.8. The van der Waals surface area contributed by atoms with Crippen molar-refractivity contribution in [2.24, 2.45) is 5.16 Å². The topological polar surface area (TPSA) is 70.9 Å². The van der Waals surface area contributed by atoms with Crippen molar-refractivity contribution in [3.8, 4) is 5.75 Å². The fraction of sp³-hybridized carbons (Fsp3) is 0.125. The van der Waals surface area contributed by atoms with E-state index in [2.05, 4.69) is 10.5 Å². The second-order valence-electron chi connectivity index (χ2n) is 4.88. The van der Waals surface area contributed by atoms with E-state index in [1.54, 1.807) is 24.3 Å². The summed E-state index contributed by atoms with van der Waals surface area (Å²) >= 11 is 0. The zero-order valence-electron chi connectivity index (χ0n) is 11.5. The van der Waals surface area contributed by atoms with Crippen LogP contribution in [0.15, 0.2) is 53.7 Å². The van der Waals surface area contributed by atoms with Gasteiger partial charge in [0.15, 0.2) is 0 Å².